The van der Waals surface area contributed by atoms with E-state index in [0.29, 0.717) is 11.8 Å². The van der Waals surface area contributed by atoms with Crippen molar-refractivity contribution >= 4 is 24.2 Å². The van der Waals surface area contributed by atoms with Crippen LogP contribution < -0.4 is 16.4 Å². The zero-order chi connectivity index (χ0) is 15.6. The number of likely N-dealkylation sites (N-methyl/N-ethyl adjacent to an activating group) is 1. The molecular weight excluding hydrogens is 302 g/mol. The van der Waals surface area contributed by atoms with Gasteiger partial charge < -0.3 is 16.4 Å². The van der Waals surface area contributed by atoms with E-state index in [4.69, 9.17) is 5.73 Å². The third kappa shape index (κ3) is 4.13. The molecule has 0 aromatic carbocycles. The average molecular weight is 332 g/mol. The standard InChI is InChI=1S/C16H29N3O2.ClH/c1-9(2)14(16(21)18-3)19-15(20)12-7-10-5-4-6-11(8-12)13(10)17;/h9-14H,4-8,17H2,1-3H3,(H,18,21)(H,19,20);1H. The lowest BCUT2D eigenvalue weighted by atomic mass is 9.65. The number of nitrogens with one attached hydrogen (secondary N) is 2. The number of hydrogen-bond acceptors (Lipinski definition) is 3. The van der Waals surface area contributed by atoms with Gasteiger partial charge in [-0.25, -0.2) is 0 Å². The minimum atomic E-state index is -0.446. The van der Waals surface area contributed by atoms with Crippen LogP contribution in [0.15, 0.2) is 0 Å². The Morgan fingerprint density at radius 3 is 2.14 bits per heavy atom. The van der Waals surface area contributed by atoms with E-state index in [1.165, 1.54) is 6.42 Å². The highest BCUT2D eigenvalue weighted by Gasteiger charge is 2.41. The summed E-state index contributed by atoms with van der Waals surface area (Å²) in [5.74, 6) is 0.967. The molecule has 0 aliphatic heterocycles. The van der Waals surface area contributed by atoms with Gasteiger partial charge in [-0.2, -0.15) is 0 Å². The van der Waals surface area contributed by atoms with Crippen molar-refractivity contribution in [1.82, 2.24) is 10.6 Å². The van der Waals surface area contributed by atoms with Gasteiger partial charge in [-0.05, 0) is 43.4 Å². The number of rotatable bonds is 4. The lowest BCUT2D eigenvalue weighted by molar-refractivity contribution is -0.133. The largest absolute Gasteiger partial charge is 0.357 e. The Bertz CT molecular complexity index is 389. The van der Waals surface area contributed by atoms with E-state index < -0.39 is 6.04 Å². The van der Waals surface area contributed by atoms with Crippen molar-refractivity contribution in [2.45, 2.75) is 58.0 Å². The molecule has 3 atom stereocenters. The van der Waals surface area contributed by atoms with E-state index in [2.05, 4.69) is 10.6 Å². The van der Waals surface area contributed by atoms with Crippen LogP contribution in [0.3, 0.4) is 0 Å². The molecule has 2 rings (SSSR count). The molecule has 2 aliphatic rings. The summed E-state index contributed by atoms with van der Waals surface area (Å²) in [7, 11) is 1.61. The predicted molar refractivity (Wildman–Crippen MR) is 89.6 cm³/mol. The van der Waals surface area contributed by atoms with Crippen LogP contribution in [0.1, 0.15) is 46.0 Å². The number of fused-ring (bicyclic) bond motifs is 2. The van der Waals surface area contributed by atoms with Gasteiger partial charge >= 0.3 is 0 Å². The molecule has 0 aromatic rings. The highest BCUT2D eigenvalue weighted by atomic mass is 35.5. The molecule has 0 heterocycles. The highest BCUT2D eigenvalue weighted by Crippen LogP contribution is 2.41. The van der Waals surface area contributed by atoms with E-state index in [9.17, 15) is 9.59 Å². The van der Waals surface area contributed by atoms with E-state index in [0.717, 1.165) is 25.7 Å². The second-order valence-corrected chi connectivity index (χ2v) is 7.04. The van der Waals surface area contributed by atoms with Gasteiger partial charge in [0, 0.05) is 19.0 Å². The smallest absolute Gasteiger partial charge is 0.242 e. The van der Waals surface area contributed by atoms with Crippen LogP contribution in [-0.2, 0) is 9.59 Å². The van der Waals surface area contributed by atoms with Gasteiger partial charge in [0.15, 0.2) is 0 Å². The van der Waals surface area contributed by atoms with Crippen LogP contribution in [0.4, 0.5) is 0 Å². The quantitative estimate of drug-likeness (QED) is 0.729. The normalized spacial score (nSPS) is 31.9. The Morgan fingerprint density at radius 2 is 1.68 bits per heavy atom. The molecule has 0 spiro atoms. The molecule has 2 amide bonds. The SMILES string of the molecule is CNC(=O)C(NC(=O)C1CC2CCCC(C1)C2N)C(C)C.Cl. The molecule has 0 aromatic heterocycles. The van der Waals surface area contributed by atoms with Crippen molar-refractivity contribution < 1.29 is 9.59 Å². The topological polar surface area (TPSA) is 84.2 Å². The fourth-order valence-corrected chi connectivity index (χ4v) is 3.96. The Hall–Kier alpha value is -0.810. The second-order valence-electron chi connectivity index (χ2n) is 7.04. The first-order valence-corrected chi connectivity index (χ1v) is 8.21. The molecule has 2 aliphatic carbocycles. The van der Waals surface area contributed by atoms with Crippen LogP contribution in [0.2, 0.25) is 0 Å². The minimum Gasteiger partial charge on any atom is -0.357 e. The Labute approximate surface area is 139 Å². The molecule has 2 bridgehead atoms. The molecule has 5 nitrogen and oxygen atoms in total. The lowest BCUT2D eigenvalue weighted by Gasteiger charge is -2.43. The van der Waals surface area contributed by atoms with Crippen molar-refractivity contribution in [2.75, 3.05) is 7.05 Å². The van der Waals surface area contributed by atoms with Crippen molar-refractivity contribution in [3.05, 3.63) is 0 Å². The molecule has 128 valence electrons. The zero-order valence-corrected chi connectivity index (χ0v) is 14.6. The van der Waals surface area contributed by atoms with Gasteiger partial charge in [0.2, 0.25) is 11.8 Å². The van der Waals surface area contributed by atoms with E-state index in [-0.39, 0.29) is 42.1 Å². The van der Waals surface area contributed by atoms with Gasteiger partial charge in [-0.1, -0.05) is 20.3 Å². The fraction of sp³-hybridized carbons (Fsp3) is 0.875. The van der Waals surface area contributed by atoms with Gasteiger partial charge in [-0.3, -0.25) is 9.59 Å². The first kappa shape index (κ1) is 19.2. The summed E-state index contributed by atoms with van der Waals surface area (Å²) >= 11 is 0. The van der Waals surface area contributed by atoms with Crippen LogP contribution in [0, 0.1) is 23.7 Å². The number of nitrogens with two attached hydrogens (primary N) is 1. The Balaban J connectivity index is 0.00000242. The monoisotopic (exact) mass is 331 g/mol. The molecule has 0 saturated heterocycles. The summed E-state index contributed by atoms with van der Waals surface area (Å²) in [6.07, 6.45) is 5.28. The third-order valence-electron chi connectivity index (χ3n) is 5.28. The van der Waals surface area contributed by atoms with Gasteiger partial charge in [0.1, 0.15) is 6.04 Å². The van der Waals surface area contributed by atoms with Crippen molar-refractivity contribution in [3.63, 3.8) is 0 Å². The summed E-state index contributed by atoms with van der Waals surface area (Å²) in [4.78, 5) is 24.4. The summed E-state index contributed by atoms with van der Waals surface area (Å²) in [6.45, 7) is 3.90. The maximum atomic E-state index is 12.5. The third-order valence-corrected chi connectivity index (χ3v) is 5.28. The first-order valence-electron chi connectivity index (χ1n) is 8.21. The maximum absolute atomic E-state index is 12.5. The number of carbonyl (C=O) groups is 2. The molecule has 4 N–H and O–H groups in total. The molecule has 3 unspecified atom stereocenters. The number of amides is 2. The second kappa shape index (κ2) is 8.16. The molecule has 6 heteroatoms. The van der Waals surface area contributed by atoms with Crippen molar-refractivity contribution in [1.29, 1.82) is 0 Å². The van der Waals surface area contributed by atoms with Crippen LogP contribution >= 0.6 is 12.4 Å². The molecule has 22 heavy (non-hydrogen) atoms. The van der Waals surface area contributed by atoms with E-state index in [1.807, 2.05) is 13.8 Å². The minimum absolute atomic E-state index is 0. The number of halogens is 1. The predicted octanol–water partition coefficient (Wildman–Crippen LogP) is 1.45. The zero-order valence-electron chi connectivity index (χ0n) is 13.8. The van der Waals surface area contributed by atoms with Crippen LogP contribution in [0.25, 0.3) is 0 Å². The summed E-state index contributed by atoms with van der Waals surface area (Å²) in [6, 6.07) is -0.180. The van der Waals surface area contributed by atoms with E-state index >= 15 is 0 Å². The molecule has 2 saturated carbocycles. The van der Waals surface area contributed by atoms with Crippen LogP contribution in [0.5, 0.6) is 0 Å². The Kier molecular flexibility index (Phi) is 7.13. The molecular formula is C16H30ClN3O2. The number of hydrogen-bond donors (Lipinski definition) is 3. The van der Waals surface area contributed by atoms with Gasteiger partial charge in [0.05, 0.1) is 0 Å². The maximum Gasteiger partial charge on any atom is 0.242 e. The van der Waals surface area contributed by atoms with Crippen LogP contribution in [-0.4, -0.2) is 30.9 Å². The molecule has 2 fully saturated rings. The van der Waals surface area contributed by atoms with Gasteiger partial charge in [0.25, 0.3) is 0 Å². The van der Waals surface area contributed by atoms with Crippen molar-refractivity contribution in [2.24, 2.45) is 29.4 Å². The highest BCUT2D eigenvalue weighted by molar-refractivity contribution is 5.88. The Morgan fingerprint density at radius 1 is 1.14 bits per heavy atom. The lowest BCUT2D eigenvalue weighted by Crippen LogP contribution is -2.53. The summed E-state index contributed by atoms with van der Waals surface area (Å²) in [5, 5.41) is 5.58. The van der Waals surface area contributed by atoms with Gasteiger partial charge in [-0.15, -0.1) is 12.4 Å². The average Bonchev–Trinajstić information content (AvgIpc) is 2.43. The summed E-state index contributed by atoms with van der Waals surface area (Å²) in [5.41, 5.74) is 6.27. The molecule has 0 radical (unpaired) electrons. The van der Waals surface area contributed by atoms with Crippen molar-refractivity contribution in [3.8, 4) is 0 Å². The fourth-order valence-electron chi connectivity index (χ4n) is 3.96. The summed E-state index contributed by atoms with van der Waals surface area (Å²) < 4.78 is 0. The first-order chi connectivity index (χ1) is 9.93. The van der Waals surface area contributed by atoms with E-state index in [1.54, 1.807) is 7.05 Å². The number of carbonyl (C=O) groups excluding carboxylic acids is 2.